The molecule has 0 spiro atoms. The molecule has 3 N–H and O–H groups in total. The van der Waals surface area contributed by atoms with Crippen molar-refractivity contribution in [2.75, 3.05) is 12.8 Å². The van der Waals surface area contributed by atoms with Gasteiger partial charge in [-0.15, -0.1) is 0 Å². The summed E-state index contributed by atoms with van der Waals surface area (Å²) in [4.78, 5) is 11.1. The molecule has 1 aromatic carbocycles. The topological polar surface area (TPSA) is 89.6 Å². The molecule has 0 saturated heterocycles. The number of carbonyl (C=O) groups is 1. The summed E-state index contributed by atoms with van der Waals surface area (Å²) < 4.78 is 23.9. The van der Waals surface area contributed by atoms with Crippen LogP contribution >= 0.6 is 0 Å². The fourth-order valence-corrected chi connectivity index (χ4v) is 1.40. The number of anilines is 1. The molecule has 0 fully saturated rings. The van der Waals surface area contributed by atoms with Crippen molar-refractivity contribution in [3.05, 3.63) is 23.8 Å². The lowest BCUT2D eigenvalue weighted by Gasteiger charge is -2.03. The van der Waals surface area contributed by atoms with E-state index < -0.39 is 17.0 Å². The first kappa shape index (κ1) is 10.7. The van der Waals surface area contributed by atoms with Gasteiger partial charge in [-0.05, 0) is 18.2 Å². The fourth-order valence-electron chi connectivity index (χ4n) is 0.952. The third-order valence-electron chi connectivity index (χ3n) is 1.62. The zero-order chi connectivity index (χ0) is 10.7. The van der Waals surface area contributed by atoms with Crippen LogP contribution in [-0.2, 0) is 15.8 Å². The van der Waals surface area contributed by atoms with Crippen molar-refractivity contribution < 1.29 is 18.3 Å². The van der Waals surface area contributed by atoms with Crippen LogP contribution in [0.3, 0.4) is 0 Å². The quantitative estimate of drug-likeness (QED) is 0.429. The molecule has 1 aromatic rings. The third-order valence-corrected chi connectivity index (χ3v) is 2.37. The largest absolute Gasteiger partial charge is 0.465 e. The second-order valence-electron chi connectivity index (χ2n) is 2.49. The minimum atomic E-state index is -2.14. The average molecular weight is 215 g/mol. The number of esters is 1. The van der Waals surface area contributed by atoms with E-state index in [1.54, 1.807) is 0 Å². The molecule has 5 nitrogen and oxygen atoms in total. The van der Waals surface area contributed by atoms with Crippen molar-refractivity contribution >= 4 is 22.7 Å². The minimum absolute atomic E-state index is 0.0812. The van der Waals surface area contributed by atoms with Crippen LogP contribution in [0.1, 0.15) is 10.4 Å². The van der Waals surface area contributed by atoms with Crippen LogP contribution in [0.15, 0.2) is 23.1 Å². The summed E-state index contributed by atoms with van der Waals surface area (Å²) in [5.74, 6) is -0.535. The molecule has 76 valence electrons. The monoisotopic (exact) mass is 215 g/mol. The Morgan fingerprint density at radius 2 is 2.21 bits per heavy atom. The van der Waals surface area contributed by atoms with Crippen LogP contribution in [0, 0.1) is 0 Å². The summed E-state index contributed by atoms with van der Waals surface area (Å²) in [6, 6.07) is 4.00. The number of rotatable bonds is 2. The van der Waals surface area contributed by atoms with Gasteiger partial charge < -0.3 is 15.0 Å². The smallest absolute Gasteiger partial charge is 0.337 e. The van der Waals surface area contributed by atoms with Gasteiger partial charge in [0.05, 0.1) is 23.3 Å². The number of nitrogen functional groups attached to an aromatic ring is 1. The van der Waals surface area contributed by atoms with Crippen molar-refractivity contribution in [1.29, 1.82) is 0 Å². The molecule has 1 rings (SSSR count). The third kappa shape index (κ3) is 2.09. The van der Waals surface area contributed by atoms with Crippen molar-refractivity contribution in [2.45, 2.75) is 4.90 Å². The van der Waals surface area contributed by atoms with E-state index in [-0.39, 0.29) is 16.1 Å². The minimum Gasteiger partial charge on any atom is -0.465 e. The van der Waals surface area contributed by atoms with Gasteiger partial charge in [-0.1, -0.05) is 0 Å². The summed E-state index contributed by atoms with van der Waals surface area (Å²) in [5, 5.41) is 0. The predicted molar refractivity (Wildman–Crippen MR) is 51.2 cm³/mol. The van der Waals surface area contributed by atoms with Gasteiger partial charge in [-0.25, -0.2) is 9.00 Å². The highest BCUT2D eigenvalue weighted by molar-refractivity contribution is 7.79. The number of methoxy groups -OCH3 is 1. The Kier molecular flexibility index (Phi) is 3.21. The summed E-state index contributed by atoms with van der Waals surface area (Å²) >= 11 is -2.14. The summed E-state index contributed by atoms with van der Waals surface area (Å²) in [5.41, 5.74) is 5.79. The van der Waals surface area contributed by atoms with E-state index >= 15 is 0 Å². The highest BCUT2D eigenvalue weighted by Gasteiger charge is 2.10. The van der Waals surface area contributed by atoms with E-state index in [1.807, 2.05) is 0 Å². The zero-order valence-electron chi connectivity index (χ0n) is 7.39. The standard InChI is InChI=1S/C8H9NO4S/c1-13-8(10)5-2-3-7(14(11)12)6(9)4-5/h2-4H,9H2,1H3,(H,11,12). The number of ether oxygens (including phenoxy) is 1. The average Bonchev–Trinajstić information content (AvgIpc) is 2.15. The molecule has 1 unspecified atom stereocenters. The van der Waals surface area contributed by atoms with E-state index in [1.165, 1.54) is 25.3 Å². The Morgan fingerprint density at radius 3 is 2.64 bits per heavy atom. The van der Waals surface area contributed by atoms with E-state index in [2.05, 4.69) is 4.74 Å². The molecule has 1 atom stereocenters. The molecule has 0 heterocycles. The summed E-state index contributed by atoms with van der Waals surface area (Å²) in [6.45, 7) is 0. The Hall–Kier alpha value is -1.40. The van der Waals surface area contributed by atoms with Crippen LogP contribution in [0.4, 0.5) is 5.69 Å². The Bertz CT molecular complexity index is 391. The number of hydrogen-bond acceptors (Lipinski definition) is 4. The van der Waals surface area contributed by atoms with Gasteiger partial charge in [0, 0.05) is 0 Å². The first-order valence-electron chi connectivity index (χ1n) is 3.65. The van der Waals surface area contributed by atoms with Crippen LogP contribution < -0.4 is 5.73 Å². The Morgan fingerprint density at radius 1 is 1.57 bits per heavy atom. The molecule has 0 aromatic heterocycles. The highest BCUT2D eigenvalue weighted by atomic mass is 32.2. The number of nitrogens with two attached hydrogens (primary N) is 1. The molecule has 0 bridgehead atoms. The van der Waals surface area contributed by atoms with Gasteiger partial charge in [0.15, 0.2) is 11.1 Å². The lowest BCUT2D eigenvalue weighted by Crippen LogP contribution is -2.04. The molecule has 0 aliphatic heterocycles. The highest BCUT2D eigenvalue weighted by Crippen LogP contribution is 2.17. The first-order valence-corrected chi connectivity index (χ1v) is 4.75. The molecule has 0 aliphatic rings. The van der Waals surface area contributed by atoms with Gasteiger partial charge in [-0.3, -0.25) is 0 Å². The maximum atomic E-state index is 11.0. The molecule has 0 radical (unpaired) electrons. The van der Waals surface area contributed by atoms with Gasteiger partial charge in [-0.2, -0.15) is 0 Å². The van der Waals surface area contributed by atoms with Crippen LogP contribution in [-0.4, -0.2) is 21.8 Å². The second-order valence-corrected chi connectivity index (χ2v) is 3.43. The van der Waals surface area contributed by atoms with Crippen LogP contribution in [0.2, 0.25) is 0 Å². The molecule has 6 heteroatoms. The van der Waals surface area contributed by atoms with E-state index in [9.17, 15) is 9.00 Å². The molecule has 14 heavy (non-hydrogen) atoms. The normalized spacial score (nSPS) is 12.1. The molecule has 0 amide bonds. The van der Waals surface area contributed by atoms with Gasteiger partial charge in [0.1, 0.15) is 0 Å². The summed E-state index contributed by atoms with van der Waals surface area (Å²) in [6.07, 6.45) is 0. The maximum Gasteiger partial charge on any atom is 0.337 e. The van der Waals surface area contributed by atoms with Crippen molar-refractivity contribution in [1.82, 2.24) is 0 Å². The lowest BCUT2D eigenvalue weighted by molar-refractivity contribution is 0.0600. The summed E-state index contributed by atoms with van der Waals surface area (Å²) in [7, 11) is 1.25. The lowest BCUT2D eigenvalue weighted by atomic mass is 10.2. The number of carbonyl (C=O) groups excluding carboxylic acids is 1. The van der Waals surface area contributed by atoms with Crippen LogP contribution in [0.25, 0.3) is 0 Å². The molecular weight excluding hydrogens is 206 g/mol. The zero-order valence-corrected chi connectivity index (χ0v) is 8.21. The molecule has 0 aliphatic carbocycles. The predicted octanol–water partition coefficient (Wildman–Crippen LogP) is 0.636. The maximum absolute atomic E-state index is 11.0. The second kappa shape index (κ2) is 4.21. The van der Waals surface area contributed by atoms with Crippen molar-refractivity contribution in [3.63, 3.8) is 0 Å². The van der Waals surface area contributed by atoms with Gasteiger partial charge in [0.2, 0.25) is 0 Å². The molecular formula is C8H9NO4S. The first-order chi connectivity index (χ1) is 6.56. The van der Waals surface area contributed by atoms with Gasteiger partial charge in [0.25, 0.3) is 0 Å². The number of benzene rings is 1. The van der Waals surface area contributed by atoms with E-state index in [0.717, 1.165) is 0 Å². The van der Waals surface area contributed by atoms with Crippen molar-refractivity contribution in [2.24, 2.45) is 0 Å². The Balaban J connectivity index is 3.12. The fraction of sp³-hybridized carbons (Fsp3) is 0.125. The van der Waals surface area contributed by atoms with Crippen molar-refractivity contribution in [3.8, 4) is 0 Å². The van der Waals surface area contributed by atoms with E-state index in [0.29, 0.717) is 0 Å². The van der Waals surface area contributed by atoms with Gasteiger partial charge >= 0.3 is 5.97 Å². The molecule has 0 saturated carbocycles. The SMILES string of the molecule is COC(=O)c1ccc(S(=O)O)c(N)c1. The van der Waals surface area contributed by atoms with Crippen LogP contribution in [0.5, 0.6) is 0 Å². The van der Waals surface area contributed by atoms with E-state index in [4.69, 9.17) is 10.3 Å². The Labute approximate surface area is 83.2 Å². The number of hydrogen-bond donors (Lipinski definition) is 2.